The first-order chi connectivity index (χ1) is 10.7. The van der Waals surface area contributed by atoms with Gasteiger partial charge < -0.3 is 15.0 Å². The van der Waals surface area contributed by atoms with Gasteiger partial charge in [0.15, 0.2) is 0 Å². The van der Waals surface area contributed by atoms with Crippen molar-refractivity contribution in [1.29, 1.82) is 0 Å². The molecular formula is C17H23FN2O2. The molecule has 5 heteroatoms. The minimum Gasteiger partial charge on any atom is -0.493 e. The fourth-order valence-corrected chi connectivity index (χ4v) is 3.35. The summed E-state index contributed by atoms with van der Waals surface area (Å²) in [7, 11) is 0. The number of rotatable bonds is 3. The Morgan fingerprint density at radius 2 is 2.32 bits per heavy atom. The number of fused-ring (bicyclic) bond motifs is 1. The highest BCUT2D eigenvalue weighted by molar-refractivity contribution is 5.76. The van der Waals surface area contributed by atoms with Gasteiger partial charge in [0.25, 0.3) is 0 Å². The molecule has 0 spiro atoms. The van der Waals surface area contributed by atoms with Crippen LogP contribution in [0.4, 0.5) is 4.39 Å². The second-order valence-corrected chi connectivity index (χ2v) is 6.07. The number of nitrogens with one attached hydrogen (secondary N) is 1. The smallest absolute Gasteiger partial charge is 0.222 e. The molecule has 1 amide bonds. The maximum absolute atomic E-state index is 13.6. The molecule has 0 radical (unpaired) electrons. The standard InChI is InChI=1S/C17H23FN2O2/c1-2-17(21)20-8-7-13(11-20)19-15-4-3-9-22-16-6-5-12(18)10-14(15)16/h5-6,10,13,15,19H,2-4,7-9,11H2,1H3. The largest absolute Gasteiger partial charge is 0.493 e. The van der Waals surface area contributed by atoms with E-state index in [1.54, 1.807) is 12.1 Å². The SMILES string of the molecule is CCC(=O)N1CCC(NC2CCCOc3ccc(F)cc32)C1. The summed E-state index contributed by atoms with van der Waals surface area (Å²) in [6, 6.07) is 5.09. The lowest BCUT2D eigenvalue weighted by Gasteiger charge is -2.23. The molecule has 0 bridgehead atoms. The number of nitrogens with zero attached hydrogens (tertiary/aromatic N) is 1. The lowest BCUT2D eigenvalue weighted by atomic mass is 10.0. The molecule has 2 heterocycles. The fraction of sp³-hybridized carbons (Fsp3) is 0.588. The highest BCUT2D eigenvalue weighted by Crippen LogP contribution is 2.33. The van der Waals surface area contributed by atoms with E-state index in [0.717, 1.165) is 43.7 Å². The van der Waals surface area contributed by atoms with Gasteiger partial charge in [-0.05, 0) is 37.5 Å². The van der Waals surface area contributed by atoms with E-state index in [-0.39, 0.29) is 23.8 Å². The van der Waals surface area contributed by atoms with Gasteiger partial charge >= 0.3 is 0 Å². The Hall–Kier alpha value is -1.62. The number of ether oxygens (including phenoxy) is 1. The Labute approximate surface area is 130 Å². The Morgan fingerprint density at radius 3 is 3.14 bits per heavy atom. The molecule has 0 aliphatic carbocycles. The zero-order chi connectivity index (χ0) is 15.5. The number of likely N-dealkylation sites (tertiary alicyclic amines) is 1. The molecular weight excluding hydrogens is 283 g/mol. The van der Waals surface area contributed by atoms with Crippen molar-refractivity contribution in [2.75, 3.05) is 19.7 Å². The van der Waals surface area contributed by atoms with Crippen LogP contribution < -0.4 is 10.1 Å². The van der Waals surface area contributed by atoms with Crippen LogP contribution in [-0.4, -0.2) is 36.5 Å². The second-order valence-electron chi connectivity index (χ2n) is 6.07. The van der Waals surface area contributed by atoms with E-state index in [0.29, 0.717) is 13.0 Å². The lowest BCUT2D eigenvalue weighted by molar-refractivity contribution is -0.129. The van der Waals surface area contributed by atoms with Crippen LogP contribution in [0.25, 0.3) is 0 Å². The number of benzene rings is 1. The van der Waals surface area contributed by atoms with E-state index >= 15 is 0 Å². The third-order valence-electron chi connectivity index (χ3n) is 4.52. The molecule has 0 saturated carbocycles. The highest BCUT2D eigenvalue weighted by atomic mass is 19.1. The minimum atomic E-state index is -0.231. The van der Waals surface area contributed by atoms with E-state index in [1.165, 1.54) is 6.07 Å². The summed E-state index contributed by atoms with van der Waals surface area (Å²) in [4.78, 5) is 13.7. The van der Waals surface area contributed by atoms with Crippen LogP contribution in [-0.2, 0) is 4.79 Å². The number of carbonyl (C=O) groups is 1. The number of halogens is 1. The summed E-state index contributed by atoms with van der Waals surface area (Å²) in [5, 5.41) is 3.61. The zero-order valence-electron chi connectivity index (χ0n) is 13.0. The predicted octanol–water partition coefficient (Wildman–Crippen LogP) is 2.64. The molecule has 120 valence electrons. The molecule has 2 aliphatic heterocycles. The molecule has 1 aromatic carbocycles. The number of amides is 1. The quantitative estimate of drug-likeness (QED) is 0.933. The molecule has 0 aromatic heterocycles. The average molecular weight is 306 g/mol. The van der Waals surface area contributed by atoms with Crippen LogP contribution in [0.5, 0.6) is 5.75 Å². The van der Waals surface area contributed by atoms with E-state index in [4.69, 9.17) is 4.74 Å². The number of carbonyl (C=O) groups excluding carboxylic acids is 1. The Bertz CT molecular complexity index is 549. The van der Waals surface area contributed by atoms with Crippen LogP contribution in [0, 0.1) is 5.82 Å². The van der Waals surface area contributed by atoms with Gasteiger partial charge in [-0.3, -0.25) is 4.79 Å². The summed E-state index contributed by atoms with van der Waals surface area (Å²) in [6.07, 6.45) is 3.37. The fourth-order valence-electron chi connectivity index (χ4n) is 3.35. The van der Waals surface area contributed by atoms with Gasteiger partial charge in [0.2, 0.25) is 5.91 Å². The van der Waals surface area contributed by atoms with Crippen LogP contribution in [0.3, 0.4) is 0 Å². The van der Waals surface area contributed by atoms with Crippen LogP contribution in [0.2, 0.25) is 0 Å². The average Bonchev–Trinajstić information content (AvgIpc) is 2.90. The van der Waals surface area contributed by atoms with Crippen LogP contribution >= 0.6 is 0 Å². The zero-order valence-corrected chi connectivity index (χ0v) is 13.0. The Morgan fingerprint density at radius 1 is 1.45 bits per heavy atom. The number of hydrogen-bond acceptors (Lipinski definition) is 3. The molecule has 2 unspecified atom stereocenters. The van der Waals surface area contributed by atoms with Crippen molar-refractivity contribution in [2.24, 2.45) is 0 Å². The van der Waals surface area contributed by atoms with Gasteiger partial charge in [0, 0.05) is 37.2 Å². The van der Waals surface area contributed by atoms with Gasteiger partial charge in [-0.25, -0.2) is 4.39 Å². The van der Waals surface area contributed by atoms with Crippen molar-refractivity contribution < 1.29 is 13.9 Å². The van der Waals surface area contributed by atoms with Crippen molar-refractivity contribution in [2.45, 2.75) is 44.7 Å². The first kappa shape index (κ1) is 15.3. The Kier molecular flexibility index (Phi) is 4.62. The van der Waals surface area contributed by atoms with E-state index in [9.17, 15) is 9.18 Å². The molecule has 1 aromatic rings. The van der Waals surface area contributed by atoms with Crippen molar-refractivity contribution in [3.63, 3.8) is 0 Å². The summed E-state index contributed by atoms with van der Waals surface area (Å²) in [6.45, 7) is 4.12. The molecule has 1 fully saturated rings. The molecule has 2 aliphatic rings. The molecule has 3 rings (SSSR count). The van der Waals surface area contributed by atoms with Gasteiger partial charge in [0.1, 0.15) is 11.6 Å². The first-order valence-corrected chi connectivity index (χ1v) is 8.13. The van der Waals surface area contributed by atoms with Gasteiger partial charge in [0.05, 0.1) is 6.61 Å². The maximum atomic E-state index is 13.6. The predicted molar refractivity (Wildman–Crippen MR) is 82.3 cm³/mol. The molecule has 1 N–H and O–H groups in total. The third kappa shape index (κ3) is 3.24. The molecule has 1 saturated heterocycles. The summed E-state index contributed by atoms with van der Waals surface area (Å²) in [5.74, 6) is 0.751. The van der Waals surface area contributed by atoms with Gasteiger partial charge in [-0.2, -0.15) is 0 Å². The monoisotopic (exact) mass is 306 g/mol. The van der Waals surface area contributed by atoms with E-state index in [2.05, 4.69) is 5.32 Å². The maximum Gasteiger partial charge on any atom is 0.222 e. The summed E-state index contributed by atoms with van der Waals surface area (Å²) in [5.41, 5.74) is 0.901. The third-order valence-corrected chi connectivity index (χ3v) is 4.52. The summed E-state index contributed by atoms with van der Waals surface area (Å²) >= 11 is 0. The van der Waals surface area contributed by atoms with Crippen molar-refractivity contribution in [3.05, 3.63) is 29.6 Å². The molecule has 22 heavy (non-hydrogen) atoms. The highest BCUT2D eigenvalue weighted by Gasteiger charge is 2.29. The lowest BCUT2D eigenvalue weighted by Crippen LogP contribution is -2.37. The van der Waals surface area contributed by atoms with E-state index < -0.39 is 0 Å². The van der Waals surface area contributed by atoms with Gasteiger partial charge in [-0.1, -0.05) is 6.92 Å². The number of hydrogen-bond donors (Lipinski definition) is 1. The second kappa shape index (κ2) is 6.65. The topological polar surface area (TPSA) is 41.6 Å². The van der Waals surface area contributed by atoms with Crippen molar-refractivity contribution >= 4 is 5.91 Å². The van der Waals surface area contributed by atoms with Crippen LogP contribution in [0.15, 0.2) is 18.2 Å². The molecule has 2 atom stereocenters. The summed E-state index contributed by atoms with van der Waals surface area (Å²) < 4.78 is 19.3. The minimum absolute atomic E-state index is 0.0925. The van der Waals surface area contributed by atoms with E-state index in [1.807, 2.05) is 11.8 Å². The first-order valence-electron chi connectivity index (χ1n) is 8.13. The Balaban J connectivity index is 1.71. The molecule has 4 nitrogen and oxygen atoms in total. The van der Waals surface area contributed by atoms with Crippen molar-refractivity contribution in [3.8, 4) is 5.75 Å². The van der Waals surface area contributed by atoms with Crippen LogP contribution in [0.1, 0.15) is 44.2 Å². The van der Waals surface area contributed by atoms with Gasteiger partial charge in [-0.15, -0.1) is 0 Å². The normalized spacial score (nSPS) is 24.5. The van der Waals surface area contributed by atoms with Crippen molar-refractivity contribution in [1.82, 2.24) is 10.2 Å².